The quantitative estimate of drug-likeness (QED) is 0.0322. The summed E-state index contributed by atoms with van der Waals surface area (Å²) < 4.78 is 89.9. The Balaban J connectivity index is 0.000000188. The molecule has 4 amide bonds. The molecule has 4 N–H and O–H groups in total. The van der Waals surface area contributed by atoms with Crippen LogP contribution in [0.15, 0.2) is 179 Å². The molecule has 0 unspecified atom stereocenters. The summed E-state index contributed by atoms with van der Waals surface area (Å²) >= 11 is 12.5. The van der Waals surface area contributed by atoms with Gasteiger partial charge in [-0.1, -0.05) is 86.3 Å². The highest BCUT2D eigenvalue weighted by atomic mass is 35.5. The fourth-order valence-electron chi connectivity index (χ4n) is 20.3. The number of carbonyl (C=O) groups is 4. The predicted octanol–water partition coefficient (Wildman–Crippen LogP) is 18.3. The fourth-order valence-corrected chi connectivity index (χ4v) is 22.5. The number of nitro groups is 2. The van der Waals surface area contributed by atoms with Gasteiger partial charge in [0.15, 0.2) is 0 Å². The Bertz CT molecular complexity index is 6490. The maximum Gasteiger partial charge on any atom is 0.409 e. The van der Waals surface area contributed by atoms with Gasteiger partial charge < -0.3 is 53.3 Å². The maximum atomic E-state index is 14.1. The summed E-state index contributed by atoms with van der Waals surface area (Å²) in [5, 5.41) is 27.9. The van der Waals surface area contributed by atoms with Crippen LogP contribution in [0.2, 0.25) is 10.0 Å². The number of fused-ring (bicyclic) bond motifs is 4. The molecule has 2 aliphatic carbocycles. The number of methoxy groups -OCH3 is 1. The van der Waals surface area contributed by atoms with Gasteiger partial charge in [0.25, 0.3) is 43.2 Å². The smallest absolute Gasteiger partial charge is 0.409 e. The standard InChI is InChI=1S/C50H56ClN7O9S.C50H56ClN7O8S/c1-50(2)14-10-36(43(28-50)34-4-6-37(51)7-5-34)30-55-18-20-56(21-19-55)38-8-9-41(46(25-38)67-39-24-35-11-15-52-47(35)53-29-39)48(59)54-68(63,64)40-26-44(58(61)62)42-23-33(31-66-45(42)27-40)22-32-12-16-57(17-13-32)49(60)65-3;1-32(59)56-16-12-33(13-17-56)22-34-23-43-45(58(61)62)26-41(27-46(43)65-31-34)67(63,64)54-49(60)42-9-8-39(25-47(42)66-40-24-36-11-15-52-48(36)53-29-40)57-20-18-55(19-21-57)30-37-10-14-50(2,3)28-44(37)35-4-6-38(51)7-5-35/h4-9,11,15,24-27,29,32-33H,10,12-14,16-23,28,30-31H2,1-3H3,(H,52,53)(H,54,59);4-9,11,15,24-27,29,33-34H,10,12-14,16-23,28,30-31H2,1-3H3,(H,52,53)(H,54,60)/t33-;34-/m11/s1. The second-order valence-electron chi connectivity index (χ2n) is 38.4. The molecule has 6 aromatic carbocycles. The van der Waals surface area contributed by atoms with Crippen LogP contribution in [0.5, 0.6) is 34.5 Å². The van der Waals surface area contributed by atoms with Crippen LogP contribution in [0.1, 0.15) is 155 Å². The molecule has 31 nitrogen and oxygen atoms in total. The first-order valence-electron chi connectivity index (χ1n) is 46.2. The number of rotatable bonds is 24. The maximum absolute atomic E-state index is 14.1. The average molecular weight is 1920 g/mol. The van der Waals surface area contributed by atoms with Crippen molar-refractivity contribution in [3.63, 3.8) is 0 Å². The van der Waals surface area contributed by atoms with E-state index in [2.05, 4.69) is 101 Å². The number of piperazine rings is 2. The van der Waals surface area contributed by atoms with E-state index in [1.807, 2.05) is 41.3 Å². The molecule has 2 atom stereocenters. The van der Waals surface area contributed by atoms with E-state index in [0.29, 0.717) is 111 Å². The van der Waals surface area contributed by atoms with Gasteiger partial charge in [-0.3, -0.25) is 44.4 Å². The number of ether oxygens (including phenoxy) is 5. The van der Waals surface area contributed by atoms with Crippen molar-refractivity contribution in [3.8, 4) is 34.5 Å². The molecule has 10 aromatic rings. The molecule has 35 heteroatoms. The number of aromatic amines is 2. The Hall–Kier alpha value is -12.1. The van der Waals surface area contributed by atoms with Crippen molar-refractivity contribution >= 4 is 123 Å². The van der Waals surface area contributed by atoms with Gasteiger partial charge in [-0.25, -0.2) is 41.0 Å². The number of aromatic nitrogens is 4. The molecule has 18 rings (SSSR count). The van der Waals surface area contributed by atoms with Crippen LogP contribution in [0.3, 0.4) is 0 Å². The summed E-state index contributed by atoms with van der Waals surface area (Å²) in [5.74, 6) is -0.221. The van der Waals surface area contributed by atoms with Crippen LogP contribution in [0.4, 0.5) is 27.5 Å². The molecule has 0 radical (unpaired) electrons. The van der Waals surface area contributed by atoms with E-state index in [9.17, 15) is 56.2 Å². The third kappa shape index (κ3) is 22.4. The molecule has 4 saturated heterocycles. The van der Waals surface area contributed by atoms with Crippen molar-refractivity contribution in [2.24, 2.45) is 34.5 Å². The lowest BCUT2D eigenvalue weighted by atomic mass is 9.72. The van der Waals surface area contributed by atoms with Crippen molar-refractivity contribution in [1.82, 2.24) is 49.0 Å². The average Bonchev–Trinajstić information content (AvgIpc) is 1.13. The minimum atomic E-state index is -4.66. The van der Waals surface area contributed by atoms with Crippen molar-refractivity contribution in [1.29, 1.82) is 0 Å². The molecule has 4 aromatic heterocycles. The second kappa shape index (κ2) is 40.0. The van der Waals surface area contributed by atoms with Crippen LogP contribution in [0.25, 0.3) is 33.2 Å². The van der Waals surface area contributed by atoms with Crippen LogP contribution >= 0.6 is 23.2 Å². The topological polar surface area (TPSA) is 370 Å². The number of nitrogens with one attached hydrogen (secondary N) is 4. The SMILES string of the molecule is CC(=O)N1CCC(C[C@H]2COc3cc(S(=O)(=O)NC(=O)c4ccc(N5CCN(CC6=C(c7ccc(Cl)cc7)CC(C)(C)CC6)CC5)cc4Oc4cnc5[nH]ccc5c4)cc([N+](=O)[O-])c3C2)CC1.COC(=O)N1CCC(C[C@H]2COc3cc(S(=O)(=O)NC(=O)c4ccc(N5CCN(CC6=C(c7ccc(Cl)cc7)CC(C)(C)CC6)CC5)cc4Oc4cnc5[nH]ccc5c4)cc([N+](=O)[O-])c3C2)CC1. The van der Waals surface area contributed by atoms with Crippen molar-refractivity contribution in [2.75, 3.05) is 122 Å². The number of benzene rings is 6. The Morgan fingerprint density at radius 3 is 1.30 bits per heavy atom. The van der Waals surface area contributed by atoms with Crippen LogP contribution in [-0.2, 0) is 42.4 Å². The van der Waals surface area contributed by atoms with E-state index in [-0.39, 0.29) is 87.7 Å². The lowest BCUT2D eigenvalue weighted by Gasteiger charge is -2.39. The molecule has 0 saturated carbocycles. The largest absolute Gasteiger partial charge is 0.493 e. The zero-order valence-electron chi connectivity index (χ0n) is 76.5. The number of piperidine rings is 2. The molecule has 0 bridgehead atoms. The highest BCUT2D eigenvalue weighted by Crippen LogP contribution is 2.48. The molecule has 135 heavy (non-hydrogen) atoms. The van der Waals surface area contributed by atoms with Gasteiger partial charge in [0.2, 0.25) is 5.91 Å². The van der Waals surface area contributed by atoms with Gasteiger partial charge in [-0.05, 0) is 219 Å². The molecular formula is C100H112Cl2N14O17S2. The zero-order chi connectivity index (χ0) is 94.8. The summed E-state index contributed by atoms with van der Waals surface area (Å²) in [4.78, 5) is 103. The van der Waals surface area contributed by atoms with Gasteiger partial charge in [0, 0.05) is 180 Å². The number of H-pyrrole nitrogens is 2. The van der Waals surface area contributed by atoms with Crippen molar-refractivity contribution in [3.05, 3.63) is 233 Å². The number of amides is 4. The van der Waals surface area contributed by atoms with Crippen molar-refractivity contribution < 1.29 is 69.5 Å². The Kier molecular flexibility index (Phi) is 28.1. The number of hydrogen-bond donors (Lipinski definition) is 4. The van der Waals surface area contributed by atoms with Gasteiger partial charge in [0.1, 0.15) is 45.8 Å². The number of nitro benzene ring substituents is 2. The number of sulfonamides is 2. The van der Waals surface area contributed by atoms with Gasteiger partial charge >= 0.3 is 6.09 Å². The van der Waals surface area contributed by atoms with Gasteiger partial charge in [0.05, 0.1) is 74.6 Å². The summed E-state index contributed by atoms with van der Waals surface area (Å²) in [7, 11) is -7.95. The monoisotopic (exact) mass is 1910 g/mol. The van der Waals surface area contributed by atoms with Crippen LogP contribution in [-0.4, -0.2) is 202 Å². The summed E-state index contributed by atoms with van der Waals surface area (Å²) in [6.45, 7) is 21.7. The third-order valence-electron chi connectivity index (χ3n) is 27.8. The second-order valence-corrected chi connectivity index (χ2v) is 42.7. The third-order valence-corrected chi connectivity index (χ3v) is 31.0. The fraction of sp³-hybridized carbons (Fsp3) is 0.420. The Labute approximate surface area is 794 Å². The number of nitrogens with zero attached hydrogens (tertiary/aromatic N) is 10. The van der Waals surface area contributed by atoms with E-state index in [0.717, 1.165) is 161 Å². The van der Waals surface area contributed by atoms with E-state index >= 15 is 0 Å². The number of likely N-dealkylation sites (tertiary alicyclic amines) is 2. The normalized spacial score (nSPS) is 19.1. The first kappa shape index (κ1) is 94.6. The molecule has 10 heterocycles. The number of hydrogen-bond acceptors (Lipinski definition) is 23. The van der Waals surface area contributed by atoms with Gasteiger partial charge in [-0.2, -0.15) is 0 Å². The number of allylic oxidation sites excluding steroid dienone is 2. The molecule has 4 fully saturated rings. The summed E-state index contributed by atoms with van der Waals surface area (Å²) in [5.41, 5.74) is 11.2. The summed E-state index contributed by atoms with van der Waals surface area (Å²) in [6.07, 6.45) is 18.0. The van der Waals surface area contributed by atoms with E-state index < -0.39 is 57.2 Å². The molecule has 0 spiro atoms. The predicted molar refractivity (Wildman–Crippen MR) is 516 cm³/mol. The number of halogens is 2. The Morgan fingerprint density at radius 2 is 0.919 bits per heavy atom. The summed E-state index contributed by atoms with van der Waals surface area (Å²) in [6, 6.07) is 38.1. The zero-order valence-corrected chi connectivity index (χ0v) is 79.7. The molecule has 8 aliphatic rings. The minimum Gasteiger partial charge on any atom is -0.493 e. The molecule has 6 aliphatic heterocycles. The van der Waals surface area contributed by atoms with Gasteiger partial charge in [-0.15, -0.1) is 0 Å². The van der Waals surface area contributed by atoms with Crippen LogP contribution in [0, 0.1) is 54.7 Å². The number of anilines is 2. The molecule has 710 valence electrons. The van der Waals surface area contributed by atoms with E-state index in [4.69, 9.17) is 46.9 Å². The lowest BCUT2D eigenvalue weighted by Crippen LogP contribution is -2.47. The van der Waals surface area contributed by atoms with E-state index in [1.165, 1.54) is 71.1 Å². The van der Waals surface area contributed by atoms with E-state index in [1.54, 1.807) is 66.7 Å². The number of pyridine rings is 2. The highest BCUT2D eigenvalue weighted by molar-refractivity contribution is 7.90. The first-order valence-corrected chi connectivity index (χ1v) is 49.9. The first-order chi connectivity index (χ1) is 64.7. The van der Waals surface area contributed by atoms with Crippen molar-refractivity contribution in [2.45, 2.75) is 134 Å². The number of carbonyl (C=O) groups excluding carboxylic acids is 4. The Morgan fingerprint density at radius 1 is 0.519 bits per heavy atom. The minimum absolute atomic E-state index is 0.0124. The highest BCUT2D eigenvalue weighted by Gasteiger charge is 2.40. The van der Waals surface area contributed by atoms with Crippen LogP contribution < -0.4 is 38.2 Å². The lowest BCUT2D eigenvalue weighted by molar-refractivity contribution is -0.386. The molecular weight excluding hydrogens is 1800 g/mol.